The van der Waals surface area contributed by atoms with Gasteiger partial charge in [0.15, 0.2) is 0 Å². The molecule has 162 valence electrons. The van der Waals surface area contributed by atoms with Crippen molar-refractivity contribution in [2.45, 2.75) is 6.36 Å². The van der Waals surface area contributed by atoms with Crippen LogP contribution in [-0.2, 0) is 0 Å². The highest BCUT2D eigenvalue weighted by Crippen LogP contribution is 2.30. The van der Waals surface area contributed by atoms with Crippen molar-refractivity contribution < 1.29 is 26.7 Å². The molecular formula is C24H15F5N2O. The fourth-order valence-electron chi connectivity index (χ4n) is 3.05. The second kappa shape index (κ2) is 8.66. The van der Waals surface area contributed by atoms with Crippen LogP contribution >= 0.6 is 0 Å². The number of hydrogen-bond acceptors (Lipinski definition) is 3. The van der Waals surface area contributed by atoms with Crippen LogP contribution in [0.2, 0.25) is 0 Å². The number of rotatable bonds is 5. The molecule has 3 aromatic carbocycles. The maximum Gasteiger partial charge on any atom is 0.573 e. The third kappa shape index (κ3) is 5.40. The molecule has 0 radical (unpaired) electrons. The van der Waals surface area contributed by atoms with Gasteiger partial charge in [0.05, 0.1) is 11.4 Å². The molecular weight excluding hydrogens is 427 g/mol. The van der Waals surface area contributed by atoms with E-state index in [0.29, 0.717) is 33.9 Å². The van der Waals surface area contributed by atoms with Crippen molar-refractivity contribution in [1.29, 1.82) is 0 Å². The zero-order valence-electron chi connectivity index (χ0n) is 16.3. The highest BCUT2D eigenvalue weighted by molar-refractivity contribution is 5.74. The molecule has 4 rings (SSSR count). The fraction of sp³-hybridized carbons (Fsp3) is 0.0417. The molecule has 0 spiro atoms. The lowest BCUT2D eigenvalue weighted by atomic mass is 10.1. The second-order valence-electron chi connectivity index (χ2n) is 6.84. The van der Waals surface area contributed by atoms with Crippen molar-refractivity contribution in [2.24, 2.45) is 0 Å². The molecule has 4 aromatic rings. The standard InChI is InChI=1S/C24H15F5N2O/c25-17-5-1-15(2-6-17)22-13-20(14-23(31-22)16-3-7-18(26)8-4-16)30-19-9-11-21(12-10-19)32-24(27,28)29/h1-14H,(H,30,31). The van der Waals surface area contributed by atoms with Crippen LogP contribution in [0.5, 0.6) is 5.75 Å². The third-order valence-electron chi connectivity index (χ3n) is 4.48. The molecule has 0 atom stereocenters. The van der Waals surface area contributed by atoms with Gasteiger partial charge in [-0.1, -0.05) is 0 Å². The third-order valence-corrected chi connectivity index (χ3v) is 4.48. The summed E-state index contributed by atoms with van der Waals surface area (Å²) in [6, 6.07) is 20.3. The van der Waals surface area contributed by atoms with E-state index in [9.17, 15) is 22.0 Å². The van der Waals surface area contributed by atoms with Gasteiger partial charge in [0.25, 0.3) is 0 Å². The summed E-state index contributed by atoms with van der Waals surface area (Å²) in [6.45, 7) is 0. The Balaban J connectivity index is 1.69. The zero-order chi connectivity index (χ0) is 22.7. The smallest absolute Gasteiger partial charge is 0.406 e. The van der Waals surface area contributed by atoms with Crippen LogP contribution in [0, 0.1) is 11.6 Å². The molecule has 0 fully saturated rings. The number of aromatic nitrogens is 1. The fourth-order valence-corrected chi connectivity index (χ4v) is 3.05. The number of halogens is 5. The summed E-state index contributed by atoms with van der Waals surface area (Å²) in [5.74, 6) is -1.11. The molecule has 1 heterocycles. The number of nitrogens with zero attached hydrogens (tertiary/aromatic N) is 1. The Morgan fingerprint density at radius 2 is 1.09 bits per heavy atom. The van der Waals surface area contributed by atoms with Crippen LogP contribution in [0.15, 0.2) is 84.9 Å². The van der Waals surface area contributed by atoms with Gasteiger partial charge >= 0.3 is 6.36 Å². The number of anilines is 2. The Bertz CT molecular complexity index is 1140. The Labute approximate surface area is 180 Å². The molecule has 1 aromatic heterocycles. The molecule has 0 saturated carbocycles. The van der Waals surface area contributed by atoms with Crippen LogP contribution in [0.4, 0.5) is 33.3 Å². The van der Waals surface area contributed by atoms with E-state index in [1.54, 1.807) is 36.4 Å². The van der Waals surface area contributed by atoms with Gasteiger partial charge in [-0.2, -0.15) is 0 Å². The summed E-state index contributed by atoms with van der Waals surface area (Å²) in [5, 5.41) is 3.11. The van der Waals surface area contributed by atoms with Gasteiger partial charge in [-0.05, 0) is 84.9 Å². The molecule has 8 heteroatoms. The van der Waals surface area contributed by atoms with Crippen molar-refractivity contribution in [3.8, 4) is 28.3 Å². The zero-order valence-corrected chi connectivity index (χ0v) is 16.3. The van der Waals surface area contributed by atoms with Crippen molar-refractivity contribution in [3.63, 3.8) is 0 Å². The summed E-state index contributed by atoms with van der Waals surface area (Å²) in [4.78, 5) is 4.60. The van der Waals surface area contributed by atoms with E-state index in [4.69, 9.17) is 0 Å². The first-order valence-electron chi connectivity index (χ1n) is 9.42. The number of alkyl halides is 3. The Hall–Kier alpha value is -3.94. The van der Waals surface area contributed by atoms with Crippen molar-refractivity contribution in [3.05, 3.63) is 96.6 Å². The first-order chi connectivity index (χ1) is 15.2. The van der Waals surface area contributed by atoms with Gasteiger partial charge in [-0.15, -0.1) is 13.2 Å². The molecule has 0 saturated heterocycles. The van der Waals surface area contributed by atoms with Crippen LogP contribution < -0.4 is 10.1 Å². The highest BCUT2D eigenvalue weighted by atomic mass is 19.4. The molecule has 0 aliphatic heterocycles. The van der Waals surface area contributed by atoms with Crippen molar-refractivity contribution in [1.82, 2.24) is 4.98 Å². The number of hydrogen-bond donors (Lipinski definition) is 1. The number of nitrogens with one attached hydrogen (secondary N) is 1. The predicted octanol–water partition coefficient (Wildman–Crippen LogP) is 7.34. The lowest BCUT2D eigenvalue weighted by Crippen LogP contribution is -2.16. The monoisotopic (exact) mass is 442 g/mol. The summed E-state index contributed by atoms with van der Waals surface area (Å²) >= 11 is 0. The first kappa shape index (κ1) is 21.3. The van der Waals surface area contributed by atoms with Crippen LogP contribution in [0.1, 0.15) is 0 Å². The van der Waals surface area contributed by atoms with Crippen molar-refractivity contribution >= 4 is 11.4 Å². The van der Waals surface area contributed by atoms with E-state index >= 15 is 0 Å². The highest BCUT2D eigenvalue weighted by Gasteiger charge is 2.30. The van der Waals surface area contributed by atoms with Crippen LogP contribution in [0.3, 0.4) is 0 Å². The van der Waals surface area contributed by atoms with Crippen LogP contribution in [0.25, 0.3) is 22.5 Å². The Morgan fingerprint density at radius 3 is 1.53 bits per heavy atom. The lowest BCUT2D eigenvalue weighted by molar-refractivity contribution is -0.274. The first-order valence-corrected chi connectivity index (χ1v) is 9.42. The van der Waals surface area contributed by atoms with E-state index in [2.05, 4.69) is 15.0 Å². The van der Waals surface area contributed by atoms with Gasteiger partial charge in [-0.25, -0.2) is 13.8 Å². The summed E-state index contributed by atoms with van der Waals surface area (Å²) in [5.41, 5.74) is 3.49. The number of pyridine rings is 1. The Morgan fingerprint density at radius 1 is 0.625 bits per heavy atom. The second-order valence-corrected chi connectivity index (χ2v) is 6.84. The Kier molecular flexibility index (Phi) is 5.77. The SMILES string of the molecule is Fc1ccc(-c2cc(Nc3ccc(OC(F)(F)F)cc3)cc(-c3ccc(F)cc3)n2)cc1. The minimum Gasteiger partial charge on any atom is -0.406 e. The lowest BCUT2D eigenvalue weighted by Gasteiger charge is -2.13. The van der Waals surface area contributed by atoms with Gasteiger partial charge in [0.1, 0.15) is 17.4 Å². The minimum absolute atomic E-state index is 0.336. The van der Waals surface area contributed by atoms with Gasteiger partial charge in [-0.3, -0.25) is 0 Å². The average Bonchev–Trinajstić information content (AvgIpc) is 2.75. The molecule has 0 unspecified atom stereocenters. The van der Waals surface area contributed by atoms with E-state index in [1.165, 1.54) is 48.5 Å². The summed E-state index contributed by atoms with van der Waals surface area (Å²) in [7, 11) is 0. The summed E-state index contributed by atoms with van der Waals surface area (Å²) < 4.78 is 67.6. The number of benzene rings is 3. The average molecular weight is 442 g/mol. The predicted molar refractivity (Wildman–Crippen MR) is 111 cm³/mol. The molecule has 0 aliphatic rings. The quantitative estimate of drug-likeness (QED) is 0.329. The van der Waals surface area contributed by atoms with E-state index in [-0.39, 0.29) is 17.4 Å². The number of ether oxygens (including phenoxy) is 1. The molecule has 1 N–H and O–H groups in total. The topological polar surface area (TPSA) is 34.1 Å². The van der Waals surface area contributed by atoms with Gasteiger partial charge in [0, 0.05) is 22.5 Å². The molecule has 0 aliphatic carbocycles. The summed E-state index contributed by atoms with van der Waals surface area (Å²) in [6.07, 6.45) is -4.77. The molecule has 0 amide bonds. The maximum atomic E-state index is 13.3. The van der Waals surface area contributed by atoms with Gasteiger partial charge < -0.3 is 10.1 Å². The molecule has 3 nitrogen and oxygen atoms in total. The molecule has 32 heavy (non-hydrogen) atoms. The van der Waals surface area contributed by atoms with E-state index in [1.807, 2.05) is 0 Å². The van der Waals surface area contributed by atoms with Gasteiger partial charge in [0.2, 0.25) is 0 Å². The van der Waals surface area contributed by atoms with E-state index < -0.39 is 6.36 Å². The molecule has 0 bridgehead atoms. The van der Waals surface area contributed by atoms with Crippen LogP contribution in [-0.4, -0.2) is 11.3 Å². The van der Waals surface area contributed by atoms with Crippen molar-refractivity contribution in [2.75, 3.05) is 5.32 Å². The minimum atomic E-state index is -4.77. The largest absolute Gasteiger partial charge is 0.573 e. The normalized spacial score (nSPS) is 11.3. The maximum absolute atomic E-state index is 13.3. The van der Waals surface area contributed by atoms with E-state index in [0.717, 1.165) is 0 Å².